The molecule has 2 aliphatic heterocycles. The molecule has 3 rings (SSSR count). The van der Waals surface area contributed by atoms with Crippen LogP contribution in [0, 0.1) is 0 Å². The normalized spacial score (nSPS) is 20.8. The minimum Gasteiger partial charge on any atom is -0.483 e. The molecule has 0 radical (unpaired) electrons. The lowest BCUT2D eigenvalue weighted by Crippen LogP contribution is -2.62. The number of unbranched alkanes of at least 4 members (excludes halogenated alkanes) is 1. The van der Waals surface area contributed by atoms with E-state index in [1.165, 1.54) is 25.1 Å². The van der Waals surface area contributed by atoms with E-state index in [2.05, 4.69) is 10.6 Å². The molecule has 0 aromatic heterocycles. The van der Waals surface area contributed by atoms with Crippen LogP contribution in [0.3, 0.4) is 0 Å². The van der Waals surface area contributed by atoms with Gasteiger partial charge in [-0.15, -0.1) is 0 Å². The Bertz CT molecular complexity index is 915. The van der Waals surface area contributed by atoms with Gasteiger partial charge in [-0.05, 0) is 44.9 Å². The standard InChI is InChI=1S/C20H24N4O6/c1-20(8-7-14(25)23-19(20)29)24-17(27)12-5-4-6-13(16(12)18(24)28)30-11-15(26)22-10-3-2-9-21/h4-6H,2-3,7-11,21H2,1H3,(H,22,26)(H,23,25,29). The highest BCUT2D eigenvalue weighted by Gasteiger charge is 2.53. The third-order valence-electron chi connectivity index (χ3n) is 5.26. The number of benzene rings is 1. The monoisotopic (exact) mass is 416 g/mol. The molecule has 1 fully saturated rings. The number of rotatable bonds is 8. The molecule has 5 amide bonds. The molecule has 0 saturated carbocycles. The number of nitrogens with one attached hydrogen (secondary N) is 2. The number of hydrogen-bond donors (Lipinski definition) is 3. The largest absolute Gasteiger partial charge is 0.483 e. The van der Waals surface area contributed by atoms with Crippen LogP contribution in [0.2, 0.25) is 0 Å². The summed E-state index contributed by atoms with van der Waals surface area (Å²) in [5, 5.41) is 4.87. The maximum atomic E-state index is 13.1. The smallest absolute Gasteiger partial charge is 0.266 e. The Balaban J connectivity index is 1.76. The van der Waals surface area contributed by atoms with Gasteiger partial charge in [-0.1, -0.05) is 6.07 Å². The van der Waals surface area contributed by atoms with Crippen LogP contribution in [0.15, 0.2) is 18.2 Å². The van der Waals surface area contributed by atoms with Crippen molar-refractivity contribution >= 4 is 29.5 Å². The molecule has 1 unspecified atom stereocenters. The van der Waals surface area contributed by atoms with Gasteiger partial charge < -0.3 is 15.8 Å². The molecular weight excluding hydrogens is 392 g/mol. The van der Waals surface area contributed by atoms with Crippen LogP contribution < -0.4 is 21.1 Å². The third-order valence-corrected chi connectivity index (χ3v) is 5.26. The SMILES string of the molecule is CC1(N2C(=O)c3cccc(OCC(=O)NCCCCN)c3C2=O)CCC(=O)NC1=O. The summed E-state index contributed by atoms with van der Waals surface area (Å²) in [4.78, 5) is 62.8. The first kappa shape index (κ1) is 21.4. The second kappa shape index (κ2) is 8.62. The van der Waals surface area contributed by atoms with Gasteiger partial charge in [-0.25, -0.2) is 0 Å². The topological polar surface area (TPSA) is 148 Å². The summed E-state index contributed by atoms with van der Waals surface area (Å²) < 4.78 is 5.51. The van der Waals surface area contributed by atoms with Gasteiger partial charge in [0.2, 0.25) is 5.91 Å². The quantitative estimate of drug-likeness (QED) is 0.390. The highest BCUT2D eigenvalue weighted by Crippen LogP contribution is 2.37. The van der Waals surface area contributed by atoms with Crippen molar-refractivity contribution in [2.24, 2.45) is 5.73 Å². The van der Waals surface area contributed by atoms with Gasteiger partial charge >= 0.3 is 0 Å². The summed E-state index contributed by atoms with van der Waals surface area (Å²) in [6, 6.07) is 4.49. The van der Waals surface area contributed by atoms with Crippen molar-refractivity contribution in [1.29, 1.82) is 0 Å². The number of nitrogens with two attached hydrogens (primary N) is 1. The van der Waals surface area contributed by atoms with Crippen LogP contribution in [-0.4, -0.2) is 59.7 Å². The molecular formula is C20H24N4O6. The fraction of sp³-hybridized carbons (Fsp3) is 0.450. The van der Waals surface area contributed by atoms with Crippen LogP contribution in [0.5, 0.6) is 5.75 Å². The van der Waals surface area contributed by atoms with Gasteiger partial charge in [0.15, 0.2) is 6.61 Å². The fourth-order valence-electron chi connectivity index (χ4n) is 3.52. The van der Waals surface area contributed by atoms with E-state index in [-0.39, 0.29) is 42.2 Å². The zero-order valence-electron chi connectivity index (χ0n) is 16.7. The number of imide groups is 2. The van der Waals surface area contributed by atoms with Crippen molar-refractivity contribution in [2.75, 3.05) is 19.7 Å². The van der Waals surface area contributed by atoms with Crippen molar-refractivity contribution < 1.29 is 28.7 Å². The molecule has 1 aromatic carbocycles. The summed E-state index contributed by atoms with van der Waals surface area (Å²) in [5.41, 5.74) is 4.01. The predicted molar refractivity (Wildman–Crippen MR) is 105 cm³/mol. The number of hydrogen-bond acceptors (Lipinski definition) is 7. The van der Waals surface area contributed by atoms with E-state index in [0.717, 1.165) is 17.7 Å². The minimum absolute atomic E-state index is 0.00403. The van der Waals surface area contributed by atoms with Gasteiger partial charge in [0.1, 0.15) is 11.3 Å². The maximum absolute atomic E-state index is 13.1. The molecule has 1 saturated heterocycles. The Morgan fingerprint density at radius 2 is 2.00 bits per heavy atom. The number of piperidine rings is 1. The molecule has 0 aliphatic carbocycles. The van der Waals surface area contributed by atoms with E-state index < -0.39 is 29.2 Å². The molecule has 30 heavy (non-hydrogen) atoms. The minimum atomic E-state index is -1.49. The number of ether oxygens (including phenoxy) is 1. The number of carbonyl (C=O) groups excluding carboxylic acids is 5. The van der Waals surface area contributed by atoms with E-state index in [4.69, 9.17) is 10.5 Å². The third kappa shape index (κ3) is 3.90. The Hall–Kier alpha value is -3.27. The van der Waals surface area contributed by atoms with Crippen LogP contribution in [-0.2, 0) is 14.4 Å². The first-order valence-corrected chi connectivity index (χ1v) is 9.75. The lowest BCUT2D eigenvalue weighted by Gasteiger charge is -2.38. The molecule has 10 nitrogen and oxygen atoms in total. The van der Waals surface area contributed by atoms with E-state index in [1.54, 1.807) is 0 Å². The lowest BCUT2D eigenvalue weighted by molar-refractivity contribution is -0.141. The molecule has 160 valence electrons. The van der Waals surface area contributed by atoms with Gasteiger partial charge in [-0.3, -0.25) is 34.2 Å². The molecule has 4 N–H and O–H groups in total. The molecule has 10 heteroatoms. The zero-order chi connectivity index (χ0) is 21.9. The van der Waals surface area contributed by atoms with Gasteiger partial charge in [0.25, 0.3) is 23.6 Å². The second-order valence-electron chi connectivity index (χ2n) is 7.41. The summed E-state index contributed by atoms with van der Waals surface area (Å²) in [6.07, 6.45) is 1.58. The highest BCUT2D eigenvalue weighted by atomic mass is 16.5. The number of nitrogens with zero attached hydrogens (tertiary/aromatic N) is 1. The summed E-state index contributed by atoms with van der Waals surface area (Å²) in [6.45, 7) is 2.13. The predicted octanol–water partition coefficient (Wildman–Crippen LogP) is -0.288. The number of fused-ring (bicyclic) bond motifs is 1. The molecule has 2 heterocycles. The summed E-state index contributed by atoms with van der Waals surface area (Å²) in [7, 11) is 0. The number of carbonyl (C=O) groups is 5. The van der Waals surface area contributed by atoms with Gasteiger partial charge in [0, 0.05) is 13.0 Å². The van der Waals surface area contributed by atoms with Crippen molar-refractivity contribution in [3.8, 4) is 5.75 Å². The Morgan fingerprint density at radius 1 is 1.23 bits per heavy atom. The molecule has 1 aromatic rings. The Kier molecular flexibility index (Phi) is 6.16. The second-order valence-corrected chi connectivity index (χ2v) is 7.41. The molecule has 0 bridgehead atoms. The van der Waals surface area contributed by atoms with E-state index in [0.29, 0.717) is 13.1 Å². The first-order chi connectivity index (χ1) is 14.3. The Labute approximate surface area is 173 Å². The van der Waals surface area contributed by atoms with Crippen LogP contribution in [0.1, 0.15) is 53.3 Å². The van der Waals surface area contributed by atoms with E-state index >= 15 is 0 Å². The van der Waals surface area contributed by atoms with E-state index in [9.17, 15) is 24.0 Å². The number of amides is 5. The van der Waals surface area contributed by atoms with Crippen molar-refractivity contribution in [3.63, 3.8) is 0 Å². The Morgan fingerprint density at radius 3 is 2.70 bits per heavy atom. The maximum Gasteiger partial charge on any atom is 0.266 e. The van der Waals surface area contributed by atoms with Gasteiger partial charge in [-0.2, -0.15) is 0 Å². The first-order valence-electron chi connectivity index (χ1n) is 9.75. The molecule has 2 aliphatic rings. The average Bonchev–Trinajstić information content (AvgIpc) is 2.98. The summed E-state index contributed by atoms with van der Waals surface area (Å²) >= 11 is 0. The average molecular weight is 416 g/mol. The molecule has 0 spiro atoms. The van der Waals surface area contributed by atoms with Crippen molar-refractivity contribution in [1.82, 2.24) is 15.5 Å². The summed E-state index contributed by atoms with van der Waals surface area (Å²) in [5.74, 6) is -2.76. The molecule has 1 atom stereocenters. The van der Waals surface area contributed by atoms with Crippen LogP contribution in [0.25, 0.3) is 0 Å². The highest BCUT2D eigenvalue weighted by molar-refractivity contribution is 6.25. The van der Waals surface area contributed by atoms with Crippen LogP contribution >= 0.6 is 0 Å². The fourth-order valence-corrected chi connectivity index (χ4v) is 3.52. The lowest BCUT2D eigenvalue weighted by atomic mass is 9.89. The van der Waals surface area contributed by atoms with E-state index in [1.807, 2.05) is 0 Å². The zero-order valence-corrected chi connectivity index (χ0v) is 16.7. The van der Waals surface area contributed by atoms with Crippen molar-refractivity contribution in [3.05, 3.63) is 29.3 Å². The van der Waals surface area contributed by atoms with Crippen molar-refractivity contribution in [2.45, 2.75) is 38.1 Å². The van der Waals surface area contributed by atoms with Gasteiger partial charge in [0.05, 0.1) is 11.1 Å². The van der Waals surface area contributed by atoms with Crippen LogP contribution in [0.4, 0.5) is 0 Å².